The minimum atomic E-state index is -4.46. The number of hydrogen-bond donors (Lipinski definition) is 1. The lowest BCUT2D eigenvalue weighted by Crippen LogP contribution is -2.57. The van der Waals surface area contributed by atoms with Crippen molar-refractivity contribution in [3.63, 3.8) is 0 Å². The molecule has 2 aliphatic heterocycles. The summed E-state index contributed by atoms with van der Waals surface area (Å²) in [7, 11) is 1.62. The number of aryl methyl sites for hydroxylation is 2. The second-order valence-electron chi connectivity index (χ2n) is 9.17. The number of carbonyl (C=O) groups excluding carboxylic acids is 2. The fraction of sp³-hybridized carbons (Fsp3) is 0.542. The van der Waals surface area contributed by atoms with Crippen molar-refractivity contribution < 1.29 is 22.8 Å². The minimum Gasteiger partial charge on any atom is -0.335 e. The van der Waals surface area contributed by atoms with Crippen molar-refractivity contribution in [1.82, 2.24) is 24.9 Å². The molecule has 2 fully saturated rings. The average Bonchev–Trinajstić information content (AvgIpc) is 3.41. The van der Waals surface area contributed by atoms with Gasteiger partial charge in [0.15, 0.2) is 0 Å². The fourth-order valence-electron chi connectivity index (χ4n) is 5.10. The molecule has 3 atom stereocenters. The number of hydrogen-bond acceptors (Lipinski definition) is 3. The van der Waals surface area contributed by atoms with E-state index in [1.165, 1.54) is 4.90 Å². The molecule has 10 heteroatoms. The Hall–Kier alpha value is -3.04. The van der Waals surface area contributed by atoms with Crippen LogP contribution in [0, 0.1) is 6.92 Å². The van der Waals surface area contributed by atoms with E-state index >= 15 is 0 Å². The van der Waals surface area contributed by atoms with Crippen LogP contribution in [-0.2, 0) is 17.4 Å². The Kier molecular flexibility index (Phi) is 6.35. The Morgan fingerprint density at radius 1 is 1.29 bits per heavy atom. The van der Waals surface area contributed by atoms with Crippen LogP contribution in [0.25, 0.3) is 0 Å². The highest BCUT2D eigenvalue weighted by atomic mass is 19.4. The molecule has 0 radical (unpaired) electrons. The van der Waals surface area contributed by atoms with Crippen molar-refractivity contribution >= 4 is 11.9 Å². The Bertz CT molecular complexity index is 1080. The Morgan fingerprint density at radius 3 is 2.65 bits per heavy atom. The van der Waals surface area contributed by atoms with Gasteiger partial charge in [-0.15, -0.1) is 0 Å². The molecule has 2 saturated heterocycles. The monoisotopic (exact) mass is 477 g/mol. The molecule has 4 rings (SSSR count). The summed E-state index contributed by atoms with van der Waals surface area (Å²) in [5, 5.41) is 7.03. The Labute approximate surface area is 196 Å². The number of alkyl halides is 3. The van der Waals surface area contributed by atoms with Crippen LogP contribution in [0.2, 0.25) is 0 Å². The Balaban J connectivity index is 1.65. The van der Waals surface area contributed by atoms with Crippen LogP contribution in [0.4, 0.5) is 18.0 Å². The molecule has 3 heterocycles. The van der Waals surface area contributed by atoms with Gasteiger partial charge in [-0.05, 0) is 49.9 Å². The van der Waals surface area contributed by atoms with Gasteiger partial charge in [0.25, 0.3) is 0 Å². The minimum absolute atomic E-state index is 0.0843. The van der Waals surface area contributed by atoms with Gasteiger partial charge >= 0.3 is 12.2 Å². The molecule has 1 aromatic heterocycles. The lowest BCUT2D eigenvalue weighted by Gasteiger charge is -2.46. The molecule has 2 aliphatic rings. The number of benzene rings is 1. The SMILES string of the molecule is CCc1cc(C(C)N(C)C(=O)N2CCN3C(=O)CCC3C2c2cn[nH]c2C)cc(C(F)(F)F)c1. The standard InChI is InChI=1S/C24H30F3N5O2/c1-5-16-10-17(12-18(11-16)24(25,26)27)15(3)30(4)23(34)32-9-8-31-20(6-7-21(31)33)22(32)19-13-28-29-14(19)2/h10-13,15,20,22H,5-9H2,1-4H3,(H,28,29). The first kappa shape index (κ1) is 24.1. The van der Waals surface area contributed by atoms with Gasteiger partial charge < -0.3 is 14.7 Å². The quantitative estimate of drug-likeness (QED) is 0.707. The number of amides is 3. The molecule has 2 aromatic rings. The van der Waals surface area contributed by atoms with Crippen molar-refractivity contribution in [2.75, 3.05) is 20.1 Å². The zero-order valence-corrected chi connectivity index (χ0v) is 19.8. The smallest absolute Gasteiger partial charge is 0.335 e. The van der Waals surface area contributed by atoms with Crippen LogP contribution in [0.3, 0.4) is 0 Å². The number of piperazine rings is 1. The van der Waals surface area contributed by atoms with Crippen molar-refractivity contribution in [3.05, 3.63) is 52.3 Å². The third-order valence-electron chi connectivity index (χ3n) is 7.21. The number of aromatic amines is 1. The number of nitrogens with zero attached hydrogens (tertiary/aromatic N) is 4. The number of nitrogens with one attached hydrogen (secondary N) is 1. The molecule has 3 unspecified atom stereocenters. The number of aromatic nitrogens is 2. The van der Waals surface area contributed by atoms with Gasteiger partial charge in [0, 0.05) is 37.8 Å². The molecule has 0 bridgehead atoms. The normalized spacial score (nSPS) is 21.6. The number of carbonyl (C=O) groups is 2. The van der Waals surface area contributed by atoms with E-state index < -0.39 is 17.8 Å². The molecule has 34 heavy (non-hydrogen) atoms. The van der Waals surface area contributed by atoms with Crippen molar-refractivity contribution in [1.29, 1.82) is 0 Å². The summed E-state index contributed by atoms with van der Waals surface area (Å²) in [5.74, 6) is 0.0843. The van der Waals surface area contributed by atoms with Crippen LogP contribution in [0.1, 0.15) is 66.7 Å². The zero-order valence-electron chi connectivity index (χ0n) is 19.8. The molecule has 184 valence electrons. The van der Waals surface area contributed by atoms with E-state index in [4.69, 9.17) is 0 Å². The molecule has 0 aliphatic carbocycles. The van der Waals surface area contributed by atoms with Gasteiger partial charge in [0.1, 0.15) is 0 Å². The molecule has 1 aromatic carbocycles. The highest BCUT2D eigenvalue weighted by Crippen LogP contribution is 2.40. The predicted molar refractivity (Wildman–Crippen MR) is 120 cm³/mol. The van der Waals surface area contributed by atoms with Crippen molar-refractivity contribution in [2.24, 2.45) is 0 Å². The van der Waals surface area contributed by atoms with E-state index in [-0.39, 0.29) is 24.0 Å². The first-order chi connectivity index (χ1) is 16.0. The van der Waals surface area contributed by atoms with E-state index in [1.807, 2.05) is 11.8 Å². The number of urea groups is 1. The Morgan fingerprint density at radius 2 is 2.03 bits per heavy atom. The van der Waals surface area contributed by atoms with Gasteiger partial charge in [0.2, 0.25) is 5.91 Å². The fourth-order valence-corrected chi connectivity index (χ4v) is 5.10. The van der Waals surface area contributed by atoms with E-state index in [9.17, 15) is 22.8 Å². The number of H-pyrrole nitrogens is 1. The van der Waals surface area contributed by atoms with Crippen molar-refractivity contribution in [2.45, 2.75) is 64.3 Å². The van der Waals surface area contributed by atoms with Gasteiger partial charge in [-0.2, -0.15) is 18.3 Å². The number of rotatable bonds is 4. The highest BCUT2D eigenvalue weighted by molar-refractivity contribution is 5.81. The van der Waals surface area contributed by atoms with E-state index in [1.54, 1.807) is 38.1 Å². The number of halogens is 3. The molecular weight excluding hydrogens is 447 g/mol. The first-order valence-electron chi connectivity index (χ1n) is 11.6. The van der Waals surface area contributed by atoms with Crippen LogP contribution < -0.4 is 0 Å². The number of fused-ring (bicyclic) bond motifs is 1. The summed E-state index contributed by atoms with van der Waals surface area (Å²) in [6.45, 7) is 6.20. The molecule has 7 nitrogen and oxygen atoms in total. The lowest BCUT2D eigenvalue weighted by atomic mass is 9.94. The lowest BCUT2D eigenvalue weighted by molar-refractivity contribution is -0.137. The highest BCUT2D eigenvalue weighted by Gasteiger charge is 2.46. The van der Waals surface area contributed by atoms with Crippen LogP contribution in [-0.4, -0.2) is 63.0 Å². The van der Waals surface area contributed by atoms with Gasteiger partial charge in [-0.3, -0.25) is 9.89 Å². The predicted octanol–water partition coefficient (Wildman–Crippen LogP) is 4.46. The summed E-state index contributed by atoms with van der Waals surface area (Å²) in [6, 6.07) is 2.64. The molecule has 3 amide bonds. The zero-order chi connectivity index (χ0) is 24.8. The third-order valence-corrected chi connectivity index (χ3v) is 7.21. The van der Waals surface area contributed by atoms with E-state index in [0.717, 1.165) is 23.4 Å². The summed E-state index contributed by atoms with van der Waals surface area (Å²) in [4.78, 5) is 31.2. The second-order valence-corrected chi connectivity index (χ2v) is 9.17. The third kappa shape index (κ3) is 4.25. The van der Waals surface area contributed by atoms with Crippen LogP contribution in [0.5, 0.6) is 0 Å². The van der Waals surface area contributed by atoms with Gasteiger partial charge in [-0.1, -0.05) is 13.0 Å². The van der Waals surface area contributed by atoms with Crippen LogP contribution in [0.15, 0.2) is 24.4 Å². The average molecular weight is 478 g/mol. The summed E-state index contributed by atoms with van der Waals surface area (Å²) in [6.07, 6.45) is -1.23. The topological polar surface area (TPSA) is 72.5 Å². The maximum Gasteiger partial charge on any atom is 0.416 e. The van der Waals surface area contributed by atoms with E-state index in [0.29, 0.717) is 43.5 Å². The molecule has 0 saturated carbocycles. The van der Waals surface area contributed by atoms with Crippen molar-refractivity contribution in [3.8, 4) is 0 Å². The van der Waals surface area contributed by atoms with Gasteiger partial charge in [-0.25, -0.2) is 4.79 Å². The molecule has 0 spiro atoms. The first-order valence-corrected chi connectivity index (χ1v) is 11.6. The maximum atomic E-state index is 13.7. The largest absolute Gasteiger partial charge is 0.416 e. The summed E-state index contributed by atoms with van der Waals surface area (Å²) in [5.41, 5.74) is 1.98. The summed E-state index contributed by atoms with van der Waals surface area (Å²) >= 11 is 0. The van der Waals surface area contributed by atoms with E-state index in [2.05, 4.69) is 10.2 Å². The summed E-state index contributed by atoms with van der Waals surface area (Å²) < 4.78 is 40.4. The second kappa shape index (κ2) is 8.96. The molecular formula is C24H30F3N5O2. The molecule has 1 N–H and O–H groups in total. The maximum absolute atomic E-state index is 13.7. The van der Waals surface area contributed by atoms with Crippen LogP contribution >= 0.6 is 0 Å². The van der Waals surface area contributed by atoms with Gasteiger partial charge in [0.05, 0.1) is 29.9 Å².